The van der Waals surface area contributed by atoms with E-state index in [1.807, 2.05) is 25.1 Å². The molecule has 2 aromatic rings. The van der Waals surface area contributed by atoms with Gasteiger partial charge in [-0.25, -0.2) is 0 Å². The molecule has 1 aromatic carbocycles. The number of primary amides is 1. The molecule has 25 heavy (non-hydrogen) atoms. The van der Waals surface area contributed by atoms with Crippen molar-refractivity contribution in [3.63, 3.8) is 0 Å². The molecule has 0 saturated carbocycles. The number of amides is 2. The van der Waals surface area contributed by atoms with E-state index >= 15 is 0 Å². The third-order valence-electron chi connectivity index (χ3n) is 3.72. The molecule has 0 saturated heterocycles. The van der Waals surface area contributed by atoms with Crippen LogP contribution in [0.15, 0.2) is 54.7 Å². The number of ether oxygens (including phenoxy) is 1. The maximum atomic E-state index is 12.3. The molecule has 0 unspecified atom stereocenters. The Kier molecular flexibility index (Phi) is 6.28. The molecule has 0 aliphatic rings. The van der Waals surface area contributed by atoms with Crippen LogP contribution in [0.5, 0.6) is 5.75 Å². The highest BCUT2D eigenvalue weighted by Gasteiger charge is 2.15. The van der Waals surface area contributed by atoms with Gasteiger partial charge in [-0.05, 0) is 42.8 Å². The van der Waals surface area contributed by atoms with Crippen molar-refractivity contribution < 1.29 is 14.3 Å². The number of nitrogens with two attached hydrogens (primary N) is 1. The van der Waals surface area contributed by atoms with Gasteiger partial charge in [0, 0.05) is 19.3 Å². The Bertz CT molecular complexity index is 742. The summed E-state index contributed by atoms with van der Waals surface area (Å²) in [6.45, 7) is 1.77. The van der Waals surface area contributed by atoms with E-state index < -0.39 is 5.91 Å². The van der Waals surface area contributed by atoms with Crippen molar-refractivity contribution >= 4 is 17.9 Å². The molecular weight excluding hydrogens is 318 g/mol. The van der Waals surface area contributed by atoms with Gasteiger partial charge in [-0.1, -0.05) is 18.2 Å². The second kappa shape index (κ2) is 8.63. The number of aromatic nitrogens is 1. The Labute approximate surface area is 146 Å². The number of pyridine rings is 1. The summed E-state index contributed by atoms with van der Waals surface area (Å²) in [6.07, 6.45) is 4.95. The number of carbonyl (C=O) groups excluding carboxylic acids is 2. The predicted molar refractivity (Wildman–Crippen MR) is 95.6 cm³/mol. The van der Waals surface area contributed by atoms with Gasteiger partial charge in [-0.15, -0.1) is 0 Å². The van der Waals surface area contributed by atoms with Crippen molar-refractivity contribution in [3.8, 4) is 5.75 Å². The number of benzene rings is 1. The lowest BCUT2D eigenvalue weighted by molar-refractivity contribution is -0.126. The zero-order valence-electron chi connectivity index (χ0n) is 14.3. The standard InChI is InChI=1S/C19H21N3O3/c1-14(17-5-3-4-12-21-17)22(2)19(24)11-8-15-6-9-16(10-7-15)25-13-18(20)23/h3-12,14H,13H2,1-2H3,(H2,20,23)/b11-8+/t14-/m0/s1. The molecule has 2 N–H and O–H groups in total. The van der Waals surface area contributed by atoms with E-state index in [4.69, 9.17) is 10.5 Å². The summed E-state index contributed by atoms with van der Waals surface area (Å²) in [5.41, 5.74) is 6.71. The topological polar surface area (TPSA) is 85.5 Å². The van der Waals surface area contributed by atoms with Gasteiger partial charge < -0.3 is 15.4 Å². The second-order valence-corrected chi connectivity index (χ2v) is 5.54. The van der Waals surface area contributed by atoms with E-state index in [-0.39, 0.29) is 18.6 Å². The lowest BCUT2D eigenvalue weighted by Crippen LogP contribution is -2.28. The third-order valence-corrected chi connectivity index (χ3v) is 3.72. The van der Waals surface area contributed by atoms with Gasteiger partial charge in [-0.3, -0.25) is 14.6 Å². The van der Waals surface area contributed by atoms with Crippen molar-refractivity contribution in [1.82, 2.24) is 9.88 Å². The molecule has 0 fully saturated rings. The molecule has 1 aromatic heterocycles. The number of carbonyl (C=O) groups is 2. The summed E-state index contributed by atoms with van der Waals surface area (Å²) >= 11 is 0. The highest BCUT2D eigenvalue weighted by Crippen LogP contribution is 2.17. The zero-order chi connectivity index (χ0) is 18.2. The van der Waals surface area contributed by atoms with Crippen LogP contribution in [0.2, 0.25) is 0 Å². The molecule has 2 amide bonds. The molecule has 130 valence electrons. The molecule has 6 heteroatoms. The van der Waals surface area contributed by atoms with Gasteiger partial charge in [0.15, 0.2) is 6.61 Å². The van der Waals surface area contributed by atoms with Crippen LogP contribution in [0.3, 0.4) is 0 Å². The maximum Gasteiger partial charge on any atom is 0.255 e. The summed E-state index contributed by atoms with van der Waals surface area (Å²) in [7, 11) is 1.74. The van der Waals surface area contributed by atoms with Gasteiger partial charge in [-0.2, -0.15) is 0 Å². The molecule has 0 aliphatic carbocycles. The molecule has 0 bridgehead atoms. The van der Waals surface area contributed by atoms with E-state index in [1.165, 1.54) is 6.08 Å². The van der Waals surface area contributed by atoms with Crippen LogP contribution in [0.25, 0.3) is 6.08 Å². The highest BCUT2D eigenvalue weighted by molar-refractivity contribution is 5.91. The molecule has 0 aliphatic heterocycles. The van der Waals surface area contributed by atoms with E-state index in [2.05, 4.69) is 4.98 Å². The molecule has 0 spiro atoms. The van der Waals surface area contributed by atoms with Gasteiger partial charge in [0.25, 0.3) is 5.91 Å². The Morgan fingerprint density at radius 3 is 2.56 bits per heavy atom. The summed E-state index contributed by atoms with van der Waals surface area (Å²) in [4.78, 5) is 28.9. The SMILES string of the molecule is C[C@@H](c1ccccn1)N(C)C(=O)/C=C/c1ccc(OCC(N)=O)cc1. The minimum atomic E-state index is -0.528. The number of hydrogen-bond donors (Lipinski definition) is 1. The van der Waals surface area contributed by atoms with Gasteiger partial charge >= 0.3 is 0 Å². The number of nitrogens with zero attached hydrogens (tertiary/aromatic N) is 2. The van der Waals surface area contributed by atoms with Crippen molar-refractivity contribution in [1.29, 1.82) is 0 Å². The van der Waals surface area contributed by atoms with E-state index in [1.54, 1.807) is 48.5 Å². The van der Waals surface area contributed by atoms with Crippen LogP contribution in [-0.2, 0) is 9.59 Å². The fourth-order valence-electron chi connectivity index (χ4n) is 2.13. The number of rotatable bonds is 7. The monoisotopic (exact) mass is 339 g/mol. The smallest absolute Gasteiger partial charge is 0.255 e. The Morgan fingerprint density at radius 2 is 1.96 bits per heavy atom. The predicted octanol–water partition coefficient (Wildman–Crippen LogP) is 2.18. The number of likely N-dealkylation sites (N-methyl/N-ethyl adjacent to an activating group) is 1. The summed E-state index contributed by atoms with van der Waals surface area (Å²) in [6, 6.07) is 12.5. The third kappa shape index (κ3) is 5.46. The van der Waals surface area contributed by atoms with Crippen molar-refractivity contribution in [3.05, 3.63) is 66.0 Å². The van der Waals surface area contributed by atoms with Crippen LogP contribution in [0.1, 0.15) is 24.2 Å². The fraction of sp³-hybridized carbons (Fsp3) is 0.211. The summed E-state index contributed by atoms with van der Waals surface area (Å²) in [5.74, 6) is -0.102. The van der Waals surface area contributed by atoms with Crippen molar-refractivity contribution in [2.75, 3.05) is 13.7 Å². The molecule has 6 nitrogen and oxygen atoms in total. The average molecular weight is 339 g/mol. The van der Waals surface area contributed by atoms with E-state index in [0.29, 0.717) is 5.75 Å². The van der Waals surface area contributed by atoms with Crippen LogP contribution < -0.4 is 10.5 Å². The van der Waals surface area contributed by atoms with Gasteiger partial charge in [0.2, 0.25) is 5.91 Å². The summed E-state index contributed by atoms with van der Waals surface area (Å²) in [5, 5.41) is 0. The summed E-state index contributed by atoms with van der Waals surface area (Å²) < 4.78 is 5.19. The molecule has 1 heterocycles. The second-order valence-electron chi connectivity index (χ2n) is 5.54. The Hall–Kier alpha value is -3.15. The van der Waals surface area contributed by atoms with Crippen LogP contribution in [0.4, 0.5) is 0 Å². The number of hydrogen-bond acceptors (Lipinski definition) is 4. The lowest BCUT2D eigenvalue weighted by atomic mass is 10.1. The molecule has 1 atom stereocenters. The lowest BCUT2D eigenvalue weighted by Gasteiger charge is -2.23. The van der Waals surface area contributed by atoms with Crippen LogP contribution >= 0.6 is 0 Å². The fourth-order valence-corrected chi connectivity index (χ4v) is 2.13. The van der Waals surface area contributed by atoms with Crippen LogP contribution in [0, 0.1) is 0 Å². The Balaban J connectivity index is 1.96. The van der Waals surface area contributed by atoms with Gasteiger partial charge in [0.1, 0.15) is 5.75 Å². The molecule has 2 rings (SSSR count). The Morgan fingerprint density at radius 1 is 1.24 bits per heavy atom. The first-order chi connectivity index (χ1) is 12.0. The minimum Gasteiger partial charge on any atom is -0.484 e. The average Bonchev–Trinajstić information content (AvgIpc) is 2.64. The normalized spacial score (nSPS) is 11.9. The largest absolute Gasteiger partial charge is 0.484 e. The quantitative estimate of drug-likeness (QED) is 0.784. The molecular formula is C19H21N3O3. The first kappa shape index (κ1) is 18.2. The minimum absolute atomic E-state index is 0.118. The van der Waals surface area contributed by atoms with Crippen molar-refractivity contribution in [2.45, 2.75) is 13.0 Å². The van der Waals surface area contributed by atoms with Crippen molar-refractivity contribution in [2.24, 2.45) is 5.73 Å². The maximum absolute atomic E-state index is 12.3. The van der Waals surface area contributed by atoms with Gasteiger partial charge in [0.05, 0.1) is 11.7 Å². The first-order valence-corrected chi connectivity index (χ1v) is 7.84. The van der Waals surface area contributed by atoms with E-state index in [0.717, 1.165) is 11.3 Å². The highest BCUT2D eigenvalue weighted by atomic mass is 16.5. The van der Waals surface area contributed by atoms with E-state index in [9.17, 15) is 9.59 Å². The first-order valence-electron chi connectivity index (χ1n) is 7.84. The van der Waals surface area contributed by atoms with Crippen LogP contribution in [-0.4, -0.2) is 35.4 Å². The zero-order valence-corrected chi connectivity index (χ0v) is 14.3. The molecule has 0 radical (unpaired) electrons.